The molecule has 2 heterocycles. The maximum Gasteiger partial charge on any atom is 0.277 e. The maximum absolute atomic E-state index is 11.8. The largest absolute Gasteiger partial charge is 0.339 e. The van der Waals surface area contributed by atoms with E-state index in [1.807, 2.05) is 19.1 Å². The van der Waals surface area contributed by atoms with Crippen molar-refractivity contribution in [3.05, 3.63) is 55.8 Å². The number of H-pyrrole nitrogens is 2. The molecule has 114 valence electrons. The number of nitrogens with one attached hydrogen (secondary N) is 2. The van der Waals surface area contributed by atoms with Crippen molar-refractivity contribution in [2.75, 3.05) is 0 Å². The van der Waals surface area contributed by atoms with E-state index in [1.165, 1.54) is 6.33 Å². The smallest absolute Gasteiger partial charge is 0.277 e. The molecule has 0 aliphatic carbocycles. The molecule has 0 amide bonds. The Morgan fingerprint density at radius 2 is 2.27 bits per heavy atom. The normalized spacial score (nSPS) is 12.7. The Morgan fingerprint density at radius 3 is 3.00 bits per heavy atom. The summed E-state index contributed by atoms with van der Waals surface area (Å²) in [5, 5.41) is 0.631. The van der Waals surface area contributed by atoms with Gasteiger partial charge in [-0.1, -0.05) is 17.7 Å². The van der Waals surface area contributed by atoms with Gasteiger partial charge in [-0.25, -0.2) is 4.98 Å². The molecule has 0 aliphatic rings. The minimum Gasteiger partial charge on any atom is -0.339 e. The van der Waals surface area contributed by atoms with Crippen LogP contribution in [0.1, 0.15) is 24.1 Å². The topological polar surface area (TPSA) is 92.5 Å². The first-order chi connectivity index (χ1) is 10.5. The number of rotatable bonds is 3. The lowest BCUT2D eigenvalue weighted by Gasteiger charge is -2.15. The number of hydrogen-bond donors (Lipinski definition) is 3. The predicted molar refractivity (Wildman–Crippen MR) is 88.7 cm³/mol. The molecule has 22 heavy (non-hydrogen) atoms. The van der Waals surface area contributed by atoms with Crippen LogP contribution in [0, 0.1) is 4.77 Å². The van der Waals surface area contributed by atoms with Crippen LogP contribution < -0.4 is 11.3 Å². The number of halogens is 1. The summed E-state index contributed by atoms with van der Waals surface area (Å²) in [7, 11) is 0. The van der Waals surface area contributed by atoms with Gasteiger partial charge in [-0.15, -0.1) is 0 Å². The lowest BCUT2D eigenvalue weighted by molar-refractivity contribution is 0.737. The van der Waals surface area contributed by atoms with Crippen LogP contribution in [0.3, 0.4) is 0 Å². The fourth-order valence-corrected chi connectivity index (χ4v) is 2.86. The van der Waals surface area contributed by atoms with E-state index in [4.69, 9.17) is 29.6 Å². The standard InChI is InChI=1S/C14H14ClN5OS/c1-7(16)10-4-9(15)3-2-8(10)5-20-12-11(17-6-18-12)13(21)19-14(20)22/h2-4,6-7H,5,16H2,1H3,(H,17,18)(H,19,21,22)/t7-/m1/s1. The Hall–Kier alpha value is -1.96. The van der Waals surface area contributed by atoms with Crippen molar-refractivity contribution in [2.45, 2.75) is 19.5 Å². The molecule has 0 spiro atoms. The second kappa shape index (κ2) is 5.68. The Kier molecular flexibility index (Phi) is 3.86. The Bertz CT molecular complexity index is 956. The maximum atomic E-state index is 11.8. The summed E-state index contributed by atoms with van der Waals surface area (Å²) >= 11 is 11.3. The number of nitrogens with two attached hydrogens (primary N) is 1. The van der Waals surface area contributed by atoms with Crippen molar-refractivity contribution in [1.82, 2.24) is 19.5 Å². The molecular formula is C14H14ClN5OS. The molecule has 0 unspecified atom stereocenters. The van der Waals surface area contributed by atoms with Crippen LogP contribution in [0.25, 0.3) is 11.2 Å². The van der Waals surface area contributed by atoms with Crippen LogP contribution in [-0.2, 0) is 6.54 Å². The molecule has 0 aliphatic heterocycles. The molecule has 0 radical (unpaired) electrons. The van der Waals surface area contributed by atoms with Crippen LogP contribution in [0.2, 0.25) is 5.02 Å². The van der Waals surface area contributed by atoms with Crippen LogP contribution in [0.4, 0.5) is 0 Å². The summed E-state index contributed by atoms with van der Waals surface area (Å²) < 4.78 is 2.08. The molecule has 0 saturated carbocycles. The van der Waals surface area contributed by atoms with E-state index >= 15 is 0 Å². The average molecular weight is 336 g/mol. The first kappa shape index (κ1) is 15.0. The van der Waals surface area contributed by atoms with E-state index in [0.717, 1.165) is 11.1 Å². The monoisotopic (exact) mass is 335 g/mol. The van der Waals surface area contributed by atoms with Crippen molar-refractivity contribution < 1.29 is 0 Å². The third kappa shape index (κ3) is 2.58. The van der Waals surface area contributed by atoms with Crippen molar-refractivity contribution in [3.8, 4) is 0 Å². The number of aromatic amines is 2. The molecular weight excluding hydrogens is 322 g/mol. The fourth-order valence-electron chi connectivity index (χ4n) is 2.43. The molecule has 0 bridgehead atoms. The minimum atomic E-state index is -0.280. The first-order valence-corrected chi connectivity index (χ1v) is 7.46. The summed E-state index contributed by atoms with van der Waals surface area (Å²) in [6.45, 7) is 2.34. The lowest BCUT2D eigenvalue weighted by Crippen LogP contribution is -2.17. The van der Waals surface area contributed by atoms with Gasteiger partial charge in [0.05, 0.1) is 12.9 Å². The summed E-state index contributed by atoms with van der Waals surface area (Å²) in [6.07, 6.45) is 1.47. The van der Waals surface area contributed by atoms with E-state index in [9.17, 15) is 4.79 Å². The summed E-state index contributed by atoms with van der Waals surface area (Å²) in [5.41, 5.74) is 8.56. The molecule has 3 rings (SSSR count). The molecule has 1 aromatic carbocycles. The predicted octanol–water partition coefficient (Wildman–Crippen LogP) is 2.50. The number of fused-ring (bicyclic) bond motifs is 1. The number of nitrogens with zero attached hydrogens (tertiary/aromatic N) is 2. The molecule has 1 atom stereocenters. The number of imidazole rings is 1. The number of hydrogen-bond acceptors (Lipinski definition) is 4. The zero-order valence-corrected chi connectivity index (χ0v) is 13.3. The average Bonchev–Trinajstić information content (AvgIpc) is 2.94. The van der Waals surface area contributed by atoms with Gasteiger partial charge in [0.15, 0.2) is 10.4 Å². The van der Waals surface area contributed by atoms with Gasteiger partial charge < -0.3 is 10.7 Å². The molecule has 3 aromatic rings. The second-order valence-electron chi connectivity index (χ2n) is 5.08. The molecule has 0 saturated heterocycles. The highest BCUT2D eigenvalue weighted by molar-refractivity contribution is 7.71. The summed E-state index contributed by atoms with van der Waals surface area (Å²) in [4.78, 5) is 21.5. The Labute approximate surface area is 136 Å². The highest BCUT2D eigenvalue weighted by atomic mass is 35.5. The van der Waals surface area contributed by atoms with Crippen LogP contribution >= 0.6 is 23.8 Å². The van der Waals surface area contributed by atoms with Gasteiger partial charge in [0.25, 0.3) is 5.56 Å². The van der Waals surface area contributed by atoms with Gasteiger partial charge in [0.2, 0.25) is 0 Å². The van der Waals surface area contributed by atoms with Gasteiger partial charge in [-0.3, -0.25) is 14.3 Å². The van der Waals surface area contributed by atoms with Gasteiger partial charge in [-0.2, -0.15) is 0 Å². The fraction of sp³-hybridized carbons (Fsp3) is 0.214. The van der Waals surface area contributed by atoms with Gasteiger partial charge >= 0.3 is 0 Å². The van der Waals surface area contributed by atoms with Crippen molar-refractivity contribution >= 4 is 35.0 Å². The third-order valence-corrected chi connectivity index (χ3v) is 4.05. The van der Waals surface area contributed by atoms with E-state index in [-0.39, 0.29) is 11.6 Å². The van der Waals surface area contributed by atoms with Crippen molar-refractivity contribution in [1.29, 1.82) is 0 Å². The van der Waals surface area contributed by atoms with E-state index in [0.29, 0.717) is 27.5 Å². The molecule has 6 nitrogen and oxygen atoms in total. The van der Waals surface area contributed by atoms with Crippen LogP contribution in [0.15, 0.2) is 29.3 Å². The molecule has 0 fully saturated rings. The Morgan fingerprint density at radius 1 is 1.50 bits per heavy atom. The highest BCUT2D eigenvalue weighted by Gasteiger charge is 2.12. The summed E-state index contributed by atoms with van der Waals surface area (Å²) in [5.74, 6) is 0. The quantitative estimate of drug-likeness (QED) is 0.641. The van der Waals surface area contributed by atoms with E-state index in [2.05, 4.69) is 15.0 Å². The van der Waals surface area contributed by atoms with Crippen LogP contribution in [0.5, 0.6) is 0 Å². The van der Waals surface area contributed by atoms with Crippen LogP contribution in [-0.4, -0.2) is 19.5 Å². The van der Waals surface area contributed by atoms with E-state index in [1.54, 1.807) is 10.6 Å². The second-order valence-corrected chi connectivity index (χ2v) is 5.90. The number of benzene rings is 1. The lowest BCUT2D eigenvalue weighted by atomic mass is 10.0. The zero-order chi connectivity index (χ0) is 15.9. The zero-order valence-electron chi connectivity index (χ0n) is 11.8. The number of aromatic nitrogens is 4. The highest BCUT2D eigenvalue weighted by Crippen LogP contribution is 2.22. The molecule has 8 heteroatoms. The van der Waals surface area contributed by atoms with Gasteiger partial charge in [-0.05, 0) is 42.4 Å². The first-order valence-electron chi connectivity index (χ1n) is 6.67. The van der Waals surface area contributed by atoms with E-state index < -0.39 is 0 Å². The molecule has 4 N–H and O–H groups in total. The van der Waals surface area contributed by atoms with Crippen molar-refractivity contribution in [2.24, 2.45) is 5.73 Å². The third-order valence-electron chi connectivity index (χ3n) is 3.49. The van der Waals surface area contributed by atoms with Gasteiger partial charge in [0.1, 0.15) is 5.52 Å². The summed E-state index contributed by atoms with van der Waals surface area (Å²) in [6, 6.07) is 5.39. The minimum absolute atomic E-state index is 0.166. The van der Waals surface area contributed by atoms with Gasteiger partial charge in [0, 0.05) is 11.1 Å². The van der Waals surface area contributed by atoms with Crippen molar-refractivity contribution in [3.63, 3.8) is 0 Å². The molecule has 2 aromatic heterocycles. The Balaban J connectivity index is 2.18. The SMILES string of the molecule is C[C@@H](N)c1cc(Cl)ccc1Cn1c(=S)[nH]c(=O)c2[nH]cnc21.